The van der Waals surface area contributed by atoms with Crippen LogP contribution >= 0.6 is 0 Å². The Labute approximate surface area is 185 Å². The highest BCUT2D eigenvalue weighted by molar-refractivity contribution is 5.01. The Bertz CT molecular complexity index is 424. The van der Waals surface area contributed by atoms with Crippen molar-refractivity contribution in [3.8, 4) is 0 Å². The summed E-state index contributed by atoms with van der Waals surface area (Å²) in [5.74, 6) is 2.69. The van der Waals surface area contributed by atoms with Crippen LogP contribution in [0.1, 0.15) is 101 Å². The van der Waals surface area contributed by atoms with Gasteiger partial charge in [0, 0.05) is 18.4 Å². The van der Waals surface area contributed by atoms with E-state index in [2.05, 4.69) is 99.9 Å². The molecule has 0 amide bonds. The van der Waals surface area contributed by atoms with Crippen molar-refractivity contribution in [1.29, 1.82) is 0 Å². The van der Waals surface area contributed by atoms with Gasteiger partial charge >= 0.3 is 0 Å². The molecular weight excluding hydrogens is 352 g/mol. The lowest BCUT2D eigenvalue weighted by atomic mass is 9.88. The second-order valence-electron chi connectivity index (χ2n) is 10.5. The zero-order valence-electron chi connectivity index (χ0n) is 22.0. The first-order valence-corrected chi connectivity index (χ1v) is 11.6. The highest BCUT2D eigenvalue weighted by Gasteiger charge is 2.09. The van der Waals surface area contributed by atoms with E-state index >= 15 is 0 Å². The van der Waals surface area contributed by atoms with E-state index in [9.17, 15) is 0 Å². The normalized spacial score (nSPS) is 13.3. The zero-order valence-corrected chi connectivity index (χ0v) is 22.0. The molecule has 2 unspecified atom stereocenters. The quantitative estimate of drug-likeness (QED) is 0.356. The predicted octanol–water partition coefficient (Wildman–Crippen LogP) is 8.32. The highest BCUT2D eigenvalue weighted by atomic mass is 14.8. The second-order valence-corrected chi connectivity index (χ2v) is 10.5. The summed E-state index contributed by atoms with van der Waals surface area (Å²) < 4.78 is 0. The van der Waals surface area contributed by atoms with Crippen LogP contribution in [0.15, 0.2) is 36.7 Å². The molecule has 2 nitrogen and oxygen atoms in total. The van der Waals surface area contributed by atoms with Crippen LogP contribution in [0.25, 0.3) is 0 Å². The van der Waals surface area contributed by atoms with Crippen LogP contribution < -0.4 is 11.1 Å². The van der Waals surface area contributed by atoms with Crippen molar-refractivity contribution < 1.29 is 0 Å². The molecule has 0 aliphatic heterocycles. The van der Waals surface area contributed by atoms with Gasteiger partial charge in [0.25, 0.3) is 0 Å². The van der Waals surface area contributed by atoms with E-state index in [4.69, 9.17) is 5.73 Å². The number of nitrogens with two attached hydrogens (primary N) is 1. The van der Waals surface area contributed by atoms with E-state index in [1.165, 1.54) is 19.3 Å². The van der Waals surface area contributed by atoms with Gasteiger partial charge in [0.05, 0.1) is 0 Å². The first kappa shape index (κ1) is 32.5. The van der Waals surface area contributed by atoms with Gasteiger partial charge in [0.15, 0.2) is 0 Å². The topological polar surface area (TPSA) is 38.0 Å². The fraction of sp³-hybridized carbons (Fsp3) is 0.778. The molecule has 2 heteroatoms. The van der Waals surface area contributed by atoms with Crippen LogP contribution in [0.5, 0.6) is 0 Å². The number of rotatable bonds is 10. The van der Waals surface area contributed by atoms with Gasteiger partial charge in [-0.15, -0.1) is 0 Å². The Kier molecular flexibility index (Phi) is 21.1. The Hall–Kier alpha value is -1.18. The fourth-order valence-corrected chi connectivity index (χ4v) is 2.11. The minimum Gasteiger partial charge on any atom is -0.402 e. The Morgan fingerprint density at radius 1 is 1.00 bits per heavy atom. The van der Waals surface area contributed by atoms with Crippen LogP contribution in [-0.2, 0) is 0 Å². The summed E-state index contributed by atoms with van der Waals surface area (Å²) in [5.41, 5.74) is 7.90. The third-order valence-corrected chi connectivity index (χ3v) is 4.74. The smallest absolute Gasteiger partial charge is 0.00629 e. The van der Waals surface area contributed by atoms with Gasteiger partial charge in [-0.05, 0) is 48.3 Å². The summed E-state index contributed by atoms with van der Waals surface area (Å²) in [7, 11) is 1.91. The van der Waals surface area contributed by atoms with Gasteiger partial charge in [-0.3, -0.25) is 0 Å². The summed E-state index contributed by atoms with van der Waals surface area (Å²) in [5, 5.41) is 3.07. The SMILES string of the molecule is C=C(N)CC(C)/C=C/CC(C)C(=C)NC.CC(C)CCC(C)(C)C.CCC(C)C. The Morgan fingerprint density at radius 2 is 1.48 bits per heavy atom. The molecule has 3 N–H and O–H groups in total. The molecule has 0 spiro atoms. The molecule has 0 bridgehead atoms. The minimum atomic E-state index is 0.470. The van der Waals surface area contributed by atoms with Gasteiger partial charge in [0.1, 0.15) is 0 Å². The van der Waals surface area contributed by atoms with Crippen LogP contribution in [0.2, 0.25) is 0 Å². The summed E-state index contributed by atoms with van der Waals surface area (Å²) in [4.78, 5) is 0. The molecule has 0 aromatic rings. The largest absolute Gasteiger partial charge is 0.402 e. The maximum atomic E-state index is 5.54. The van der Waals surface area contributed by atoms with Crippen LogP contribution in [0.3, 0.4) is 0 Å². The van der Waals surface area contributed by atoms with Crippen molar-refractivity contribution >= 4 is 0 Å². The molecule has 0 aliphatic rings. The first-order chi connectivity index (χ1) is 13.2. The van der Waals surface area contributed by atoms with E-state index in [-0.39, 0.29) is 0 Å². The van der Waals surface area contributed by atoms with Crippen molar-refractivity contribution in [3.05, 3.63) is 36.7 Å². The third-order valence-electron chi connectivity index (χ3n) is 4.74. The monoisotopic (exact) mass is 408 g/mol. The summed E-state index contributed by atoms with van der Waals surface area (Å²) in [6.07, 6.45) is 10.3. The molecule has 0 radical (unpaired) electrons. The fourth-order valence-electron chi connectivity index (χ4n) is 2.11. The van der Waals surface area contributed by atoms with Gasteiger partial charge < -0.3 is 11.1 Å². The molecule has 0 saturated heterocycles. The van der Waals surface area contributed by atoms with Crippen LogP contribution in [-0.4, -0.2) is 7.05 Å². The number of nitrogens with one attached hydrogen (secondary N) is 1. The predicted molar refractivity (Wildman–Crippen MR) is 137 cm³/mol. The van der Waals surface area contributed by atoms with E-state index in [1.54, 1.807) is 0 Å². The van der Waals surface area contributed by atoms with Crippen LogP contribution in [0, 0.1) is 29.1 Å². The Balaban J connectivity index is -0.000000407. The standard InChI is InChI=1S/C13H24N2.C9H20.C5H12/c1-10(9-12(3)14)7-6-8-11(2)13(4)15-5;1-8(2)6-7-9(3,4)5;1-4-5(2)3/h6-7,10-11,15H,3-4,8-9,14H2,1-2,5H3;8H,6-7H2,1-5H3;5H,4H2,1-3H3/b7-6+;;. The molecule has 29 heavy (non-hydrogen) atoms. The molecular formula is C27H56N2. The van der Waals surface area contributed by atoms with E-state index in [0.717, 1.165) is 36.1 Å². The molecule has 0 aromatic heterocycles. The maximum absolute atomic E-state index is 5.54. The number of allylic oxidation sites excluding steroid dienone is 4. The lowest BCUT2D eigenvalue weighted by Crippen LogP contribution is -2.11. The van der Waals surface area contributed by atoms with Crippen molar-refractivity contribution in [1.82, 2.24) is 5.32 Å². The molecule has 0 saturated carbocycles. The third kappa shape index (κ3) is 31.7. The molecule has 0 rings (SSSR count). The van der Waals surface area contributed by atoms with Gasteiger partial charge in [-0.2, -0.15) is 0 Å². The van der Waals surface area contributed by atoms with E-state index in [0.29, 0.717) is 17.3 Å². The maximum Gasteiger partial charge on any atom is 0.00629 e. The molecule has 0 fully saturated rings. The van der Waals surface area contributed by atoms with Crippen molar-refractivity contribution in [2.24, 2.45) is 34.8 Å². The molecule has 0 aliphatic carbocycles. The number of hydrogen-bond donors (Lipinski definition) is 2. The van der Waals surface area contributed by atoms with Crippen molar-refractivity contribution in [2.75, 3.05) is 7.05 Å². The lowest BCUT2D eigenvalue weighted by molar-refractivity contribution is 0.338. The van der Waals surface area contributed by atoms with E-state index < -0.39 is 0 Å². The van der Waals surface area contributed by atoms with Gasteiger partial charge in [0.2, 0.25) is 0 Å². The minimum absolute atomic E-state index is 0.470. The lowest BCUT2D eigenvalue weighted by Gasteiger charge is -2.18. The van der Waals surface area contributed by atoms with Gasteiger partial charge in [-0.1, -0.05) is 107 Å². The molecule has 2 atom stereocenters. The zero-order chi connectivity index (χ0) is 23.6. The highest BCUT2D eigenvalue weighted by Crippen LogP contribution is 2.22. The Morgan fingerprint density at radius 3 is 1.76 bits per heavy atom. The number of hydrogen-bond acceptors (Lipinski definition) is 2. The van der Waals surface area contributed by atoms with Crippen molar-refractivity contribution in [3.63, 3.8) is 0 Å². The van der Waals surface area contributed by atoms with Gasteiger partial charge in [-0.25, -0.2) is 0 Å². The molecule has 0 heterocycles. The van der Waals surface area contributed by atoms with Crippen molar-refractivity contribution in [2.45, 2.75) is 101 Å². The summed E-state index contributed by atoms with van der Waals surface area (Å²) in [6, 6.07) is 0. The second kappa shape index (κ2) is 18.8. The molecule has 0 aromatic carbocycles. The average Bonchev–Trinajstić information content (AvgIpc) is 2.58. The van der Waals surface area contributed by atoms with Crippen LogP contribution in [0.4, 0.5) is 0 Å². The summed E-state index contributed by atoms with van der Waals surface area (Å²) in [6.45, 7) is 30.1. The first-order valence-electron chi connectivity index (χ1n) is 11.6. The summed E-state index contributed by atoms with van der Waals surface area (Å²) >= 11 is 0. The average molecular weight is 409 g/mol. The molecule has 174 valence electrons. The van der Waals surface area contributed by atoms with E-state index in [1.807, 2.05) is 7.05 Å².